The van der Waals surface area contributed by atoms with E-state index in [1.165, 1.54) is 11.6 Å². The Labute approximate surface area is 155 Å². The molecule has 0 saturated carbocycles. The van der Waals surface area contributed by atoms with Crippen molar-refractivity contribution >= 4 is 13.4 Å². The second kappa shape index (κ2) is 8.39. The molecular formula is C22H22BNO2. The number of nitrogens with zero attached hydrogens (tertiary/aromatic N) is 1. The fourth-order valence-corrected chi connectivity index (χ4v) is 2.72. The molecule has 0 aliphatic rings. The summed E-state index contributed by atoms with van der Waals surface area (Å²) in [6.45, 7) is 5.03. The van der Waals surface area contributed by atoms with E-state index in [4.69, 9.17) is 4.74 Å². The first kappa shape index (κ1) is 17.8. The van der Waals surface area contributed by atoms with Crippen molar-refractivity contribution in [2.24, 2.45) is 0 Å². The summed E-state index contributed by atoms with van der Waals surface area (Å²) in [4.78, 5) is 12.4. The molecule has 4 heteroatoms. The van der Waals surface area contributed by atoms with Crippen LogP contribution < -0.4 is 10.3 Å². The van der Waals surface area contributed by atoms with Crippen molar-refractivity contribution in [3.63, 3.8) is 0 Å². The lowest BCUT2D eigenvalue weighted by molar-refractivity contribution is 0.305. The van der Waals surface area contributed by atoms with E-state index in [0.717, 1.165) is 23.0 Å². The summed E-state index contributed by atoms with van der Waals surface area (Å²) in [5.74, 6) is 0.577. The molecule has 0 bridgehead atoms. The van der Waals surface area contributed by atoms with E-state index in [0.29, 0.717) is 18.9 Å². The molecule has 1 heterocycles. The summed E-state index contributed by atoms with van der Waals surface area (Å²) in [7, 11) is 2.13. The summed E-state index contributed by atoms with van der Waals surface area (Å²) in [5.41, 5.74) is 4.23. The largest absolute Gasteiger partial charge is 0.489 e. The third-order valence-electron chi connectivity index (χ3n) is 4.35. The summed E-state index contributed by atoms with van der Waals surface area (Å²) in [6.07, 6.45) is 2.77. The van der Waals surface area contributed by atoms with Crippen molar-refractivity contribution in [2.75, 3.05) is 0 Å². The molecule has 130 valence electrons. The van der Waals surface area contributed by atoms with Gasteiger partial charge in [0.05, 0.1) is 6.54 Å². The molecule has 0 aliphatic carbocycles. The van der Waals surface area contributed by atoms with Gasteiger partial charge in [-0.1, -0.05) is 73.1 Å². The molecule has 0 aliphatic heterocycles. The van der Waals surface area contributed by atoms with Gasteiger partial charge in [0.15, 0.2) is 0 Å². The minimum absolute atomic E-state index is 0.0955. The van der Waals surface area contributed by atoms with Crippen LogP contribution in [0.3, 0.4) is 0 Å². The van der Waals surface area contributed by atoms with E-state index in [9.17, 15) is 4.79 Å². The van der Waals surface area contributed by atoms with Gasteiger partial charge in [-0.25, -0.2) is 0 Å². The van der Waals surface area contributed by atoms with Crippen LogP contribution in [0.5, 0.6) is 5.75 Å². The van der Waals surface area contributed by atoms with Gasteiger partial charge < -0.3 is 9.30 Å². The van der Waals surface area contributed by atoms with Gasteiger partial charge in [0.2, 0.25) is 0 Å². The van der Waals surface area contributed by atoms with Crippen molar-refractivity contribution in [1.29, 1.82) is 0 Å². The highest BCUT2D eigenvalue weighted by molar-refractivity contribution is 6.08. The molecular weight excluding hydrogens is 321 g/mol. The molecule has 26 heavy (non-hydrogen) atoms. The van der Waals surface area contributed by atoms with Gasteiger partial charge in [-0.15, -0.1) is 0 Å². The first-order chi connectivity index (χ1) is 12.7. The quantitative estimate of drug-likeness (QED) is 0.617. The highest BCUT2D eigenvalue weighted by Gasteiger charge is 2.04. The Morgan fingerprint density at radius 2 is 1.73 bits per heavy atom. The molecule has 0 saturated heterocycles. The second-order valence-corrected chi connectivity index (χ2v) is 6.26. The van der Waals surface area contributed by atoms with Gasteiger partial charge in [0.25, 0.3) is 5.56 Å². The van der Waals surface area contributed by atoms with Crippen LogP contribution in [-0.2, 0) is 19.5 Å². The molecule has 0 amide bonds. The Morgan fingerprint density at radius 3 is 2.38 bits per heavy atom. The van der Waals surface area contributed by atoms with E-state index in [1.807, 2.05) is 36.4 Å². The van der Waals surface area contributed by atoms with Crippen LogP contribution in [0.25, 0.3) is 5.57 Å². The predicted octanol–water partition coefficient (Wildman–Crippen LogP) is 3.27. The average molecular weight is 343 g/mol. The van der Waals surface area contributed by atoms with Crippen LogP contribution in [-0.4, -0.2) is 12.4 Å². The normalized spacial score (nSPS) is 10.5. The average Bonchev–Trinajstić information content (AvgIpc) is 2.69. The van der Waals surface area contributed by atoms with Crippen LogP contribution in [0.2, 0.25) is 0 Å². The van der Waals surface area contributed by atoms with Crippen molar-refractivity contribution in [2.45, 2.75) is 19.5 Å². The lowest BCUT2D eigenvalue weighted by Crippen LogP contribution is -2.19. The van der Waals surface area contributed by atoms with Gasteiger partial charge in [-0.2, -0.15) is 0 Å². The molecule has 0 radical (unpaired) electrons. The first-order valence-electron chi connectivity index (χ1n) is 8.80. The third-order valence-corrected chi connectivity index (χ3v) is 4.35. The molecule has 2 aromatic carbocycles. The lowest BCUT2D eigenvalue weighted by Gasteiger charge is -2.11. The highest BCUT2D eigenvalue weighted by Crippen LogP contribution is 2.16. The van der Waals surface area contributed by atoms with Gasteiger partial charge >= 0.3 is 0 Å². The monoisotopic (exact) mass is 343 g/mol. The fraction of sp³-hybridized carbons (Fsp3) is 0.136. The molecule has 3 aromatic rings. The maximum Gasteiger partial charge on any atom is 0.254 e. The van der Waals surface area contributed by atoms with E-state index in [1.54, 1.807) is 10.8 Å². The zero-order chi connectivity index (χ0) is 18.4. The maximum absolute atomic E-state index is 12.4. The number of rotatable bonds is 7. The third kappa shape index (κ3) is 4.54. The fourth-order valence-electron chi connectivity index (χ4n) is 2.72. The molecule has 1 aromatic heterocycles. The van der Waals surface area contributed by atoms with Crippen molar-refractivity contribution in [3.8, 4) is 5.75 Å². The number of aromatic nitrogens is 1. The van der Waals surface area contributed by atoms with E-state index in [2.05, 4.69) is 38.7 Å². The smallest absolute Gasteiger partial charge is 0.254 e. The Balaban J connectivity index is 1.65. The minimum atomic E-state index is -0.0955. The Kier molecular flexibility index (Phi) is 5.75. The van der Waals surface area contributed by atoms with Crippen LogP contribution in [0.4, 0.5) is 0 Å². The molecule has 0 spiro atoms. The summed E-state index contributed by atoms with van der Waals surface area (Å²) >= 11 is 0. The summed E-state index contributed by atoms with van der Waals surface area (Å²) in [6, 6.07) is 21.6. The molecule has 3 nitrogen and oxygen atoms in total. The first-order valence-corrected chi connectivity index (χ1v) is 8.80. The number of benzene rings is 2. The number of pyridine rings is 1. The van der Waals surface area contributed by atoms with Crippen molar-refractivity contribution in [1.82, 2.24) is 4.57 Å². The Hall–Kier alpha value is -3.01. The number of hydrogen-bond acceptors (Lipinski definition) is 2. The SMILES string of the molecule is BCc1ccc(C(=C)Cn2ccc(OCc3ccccc3)cc2=O)cc1. The van der Waals surface area contributed by atoms with E-state index < -0.39 is 0 Å². The van der Waals surface area contributed by atoms with E-state index in [-0.39, 0.29) is 5.56 Å². The standard InChI is InChI=1S/C22H22BNO2/c1-17(20-9-7-18(14-23)8-10-20)15-24-12-11-21(13-22(24)25)26-16-19-5-3-2-4-6-19/h2-13H,1,14-16,23H2. The molecule has 0 N–H and O–H groups in total. The van der Waals surface area contributed by atoms with Crippen LogP contribution in [0.15, 0.2) is 84.3 Å². The molecule has 0 unspecified atom stereocenters. The van der Waals surface area contributed by atoms with Gasteiger partial charge in [0, 0.05) is 12.3 Å². The lowest BCUT2D eigenvalue weighted by atomic mass is 9.95. The topological polar surface area (TPSA) is 31.2 Å². The number of hydrogen-bond donors (Lipinski definition) is 0. The van der Waals surface area contributed by atoms with Gasteiger partial charge in [-0.05, 0) is 22.8 Å². The minimum Gasteiger partial charge on any atom is -0.489 e. The molecule has 0 atom stereocenters. The summed E-state index contributed by atoms with van der Waals surface area (Å²) in [5, 5.41) is 0. The van der Waals surface area contributed by atoms with Gasteiger partial charge in [0.1, 0.15) is 20.2 Å². The van der Waals surface area contributed by atoms with Crippen LogP contribution in [0, 0.1) is 0 Å². The summed E-state index contributed by atoms with van der Waals surface area (Å²) < 4.78 is 7.35. The second-order valence-electron chi connectivity index (χ2n) is 6.26. The molecule has 0 fully saturated rings. The maximum atomic E-state index is 12.4. The number of allylic oxidation sites excluding steroid dienone is 1. The van der Waals surface area contributed by atoms with E-state index >= 15 is 0 Å². The Bertz CT molecular complexity index is 930. The van der Waals surface area contributed by atoms with Crippen LogP contribution >= 0.6 is 0 Å². The number of ether oxygens (including phenoxy) is 1. The van der Waals surface area contributed by atoms with Gasteiger partial charge in [-0.3, -0.25) is 4.79 Å². The zero-order valence-electron chi connectivity index (χ0n) is 15.0. The molecule has 3 rings (SSSR count). The predicted molar refractivity (Wildman–Crippen MR) is 109 cm³/mol. The van der Waals surface area contributed by atoms with Crippen LogP contribution in [0.1, 0.15) is 16.7 Å². The zero-order valence-corrected chi connectivity index (χ0v) is 15.0. The van der Waals surface area contributed by atoms with Crippen molar-refractivity contribution in [3.05, 3.63) is 107 Å². The van der Waals surface area contributed by atoms with Crippen molar-refractivity contribution < 1.29 is 4.74 Å². The highest BCUT2D eigenvalue weighted by atomic mass is 16.5. The Morgan fingerprint density at radius 1 is 1.00 bits per heavy atom.